The first kappa shape index (κ1) is 29.0. The third-order valence-electron chi connectivity index (χ3n) is 8.03. The van der Waals surface area contributed by atoms with Crippen LogP contribution in [0.3, 0.4) is 0 Å². The van der Waals surface area contributed by atoms with Crippen molar-refractivity contribution in [2.45, 2.75) is 50.7 Å². The molecule has 2 fully saturated rings. The summed E-state index contributed by atoms with van der Waals surface area (Å²) in [5.41, 5.74) is 0.873. The van der Waals surface area contributed by atoms with Crippen LogP contribution in [0.4, 0.5) is 17.6 Å². The summed E-state index contributed by atoms with van der Waals surface area (Å²) in [6.45, 7) is 2.22. The van der Waals surface area contributed by atoms with Gasteiger partial charge in [0.05, 0.1) is 5.92 Å². The van der Waals surface area contributed by atoms with E-state index in [9.17, 15) is 37.4 Å². The Morgan fingerprint density at radius 1 is 1.05 bits per heavy atom. The fourth-order valence-electron chi connectivity index (χ4n) is 6.12. The molecule has 0 radical (unpaired) electrons. The Morgan fingerprint density at radius 2 is 1.77 bits per heavy atom. The van der Waals surface area contributed by atoms with Gasteiger partial charge in [0.15, 0.2) is 5.78 Å². The average molecular weight is 551 g/mol. The van der Waals surface area contributed by atoms with E-state index in [2.05, 4.69) is 0 Å². The predicted molar refractivity (Wildman–Crippen MR) is 137 cm³/mol. The first-order valence-electron chi connectivity index (χ1n) is 13.3. The second kappa shape index (κ2) is 12.0. The highest BCUT2D eigenvalue weighted by molar-refractivity contribution is 5.99. The van der Waals surface area contributed by atoms with E-state index in [0.717, 1.165) is 4.90 Å². The lowest BCUT2D eigenvalue weighted by Gasteiger charge is -2.45. The number of alkyl halides is 3. The number of Topliss-reactive ketones (excluding diaryl/α,β-unsaturated/α-hetero) is 1. The van der Waals surface area contributed by atoms with Crippen molar-refractivity contribution in [2.75, 3.05) is 32.8 Å². The molecule has 212 valence electrons. The number of piperidine rings is 1. The fourth-order valence-corrected chi connectivity index (χ4v) is 6.12. The Hall–Kier alpha value is -2.98. The molecule has 0 unspecified atom stereocenters. The number of aliphatic hydroxyl groups is 1. The monoisotopic (exact) mass is 550 g/mol. The van der Waals surface area contributed by atoms with Crippen molar-refractivity contribution in [1.82, 2.24) is 9.80 Å². The van der Waals surface area contributed by atoms with Crippen molar-refractivity contribution >= 4 is 11.7 Å². The third kappa shape index (κ3) is 6.27. The number of nitrogens with zero attached hydrogens (tertiary/aromatic N) is 2. The molecular formula is C29H34F4N2O4. The molecule has 2 aliphatic rings. The molecule has 0 spiro atoms. The molecule has 10 heteroatoms. The molecule has 1 amide bonds. The summed E-state index contributed by atoms with van der Waals surface area (Å²) in [6.07, 6.45) is -3.48. The number of hydrogen-bond acceptors (Lipinski definition) is 5. The van der Waals surface area contributed by atoms with E-state index in [0.29, 0.717) is 24.9 Å². The van der Waals surface area contributed by atoms with Gasteiger partial charge in [-0.15, -0.1) is 0 Å². The van der Waals surface area contributed by atoms with Crippen LogP contribution in [0.5, 0.6) is 5.75 Å². The lowest BCUT2D eigenvalue weighted by molar-refractivity contribution is -0.185. The third-order valence-corrected chi connectivity index (χ3v) is 8.03. The topological polar surface area (TPSA) is 81.1 Å². The molecule has 4 atom stereocenters. The van der Waals surface area contributed by atoms with E-state index in [1.807, 2.05) is 4.90 Å². The molecule has 2 aliphatic heterocycles. The molecule has 0 aliphatic carbocycles. The van der Waals surface area contributed by atoms with Gasteiger partial charge in [0, 0.05) is 43.6 Å². The zero-order chi connectivity index (χ0) is 28.3. The standard InChI is InChI=1S/C29H34F4N2O4/c1-18-21(9-5-10-24(18)30)26-22(27(38)19-7-4-8-20(37)15-19)16-34(12-2-3-14-36)17-23(26)28(39)35-13-6-11-25(35)29(31,32)33/h4-5,7-10,15,22-23,25-26,36-37H,2-3,6,11-14,16-17H2,1H3/t22-,23+,25-,26-/m0/s1. The molecule has 6 nitrogen and oxygen atoms in total. The first-order valence-corrected chi connectivity index (χ1v) is 13.3. The van der Waals surface area contributed by atoms with Crippen molar-refractivity contribution in [3.63, 3.8) is 0 Å². The number of phenolic OH excluding ortho intramolecular Hbond substituents is 1. The maximum Gasteiger partial charge on any atom is 0.408 e. The van der Waals surface area contributed by atoms with Crippen LogP contribution in [-0.4, -0.2) is 76.7 Å². The van der Waals surface area contributed by atoms with Crippen molar-refractivity contribution < 1.29 is 37.4 Å². The first-order chi connectivity index (χ1) is 18.5. The van der Waals surface area contributed by atoms with Crippen LogP contribution in [-0.2, 0) is 4.79 Å². The fraction of sp³-hybridized carbons (Fsp3) is 0.517. The van der Waals surface area contributed by atoms with E-state index in [4.69, 9.17) is 0 Å². The van der Waals surface area contributed by atoms with Gasteiger partial charge in [0.2, 0.25) is 5.91 Å². The number of benzene rings is 2. The van der Waals surface area contributed by atoms with Crippen LogP contribution in [0.1, 0.15) is 53.1 Å². The maximum atomic E-state index is 14.8. The van der Waals surface area contributed by atoms with Gasteiger partial charge in [0.1, 0.15) is 17.6 Å². The van der Waals surface area contributed by atoms with Crippen LogP contribution in [0.2, 0.25) is 0 Å². The summed E-state index contributed by atoms with van der Waals surface area (Å²) in [7, 11) is 0. The highest BCUT2D eigenvalue weighted by Gasteiger charge is 2.52. The summed E-state index contributed by atoms with van der Waals surface area (Å²) in [5.74, 6) is -4.48. The molecule has 4 rings (SSSR count). The quantitative estimate of drug-likeness (QED) is 0.284. The van der Waals surface area contributed by atoms with E-state index >= 15 is 0 Å². The molecule has 39 heavy (non-hydrogen) atoms. The maximum absolute atomic E-state index is 14.8. The van der Waals surface area contributed by atoms with Crippen molar-refractivity contribution in [3.05, 3.63) is 65.0 Å². The van der Waals surface area contributed by atoms with Crippen molar-refractivity contribution in [2.24, 2.45) is 11.8 Å². The zero-order valence-corrected chi connectivity index (χ0v) is 21.8. The van der Waals surface area contributed by atoms with Crippen LogP contribution >= 0.6 is 0 Å². The molecule has 0 saturated carbocycles. The van der Waals surface area contributed by atoms with Gasteiger partial charge in [-0.3, -0.25) is 9.59 Å². The number of likely N-dealkylation sites (tertiary alicyclic amines) is 2. The summed E-state index contributed by atoms with van der Waals surface area (Å²) in [4.78, 5) is 30.7. The predicted octanol–water partition coefficient (Wildman–Crippen LogP) is 4.68. The molecule has 2 N–H and O–H groups in total. The van der Waals surface area contributed by atoms with Crippen LogP contribution in [0.15, 0.2) is 42.5 Å². The van der Waals surface area contributed by atoms with E-state index in [1.54, 1.807) is 19.1 Å². The number of carbonyl (C=O) groups is 2. The minimum absolute atomic E-state index is 0.0337. The number of amides is 1. The highest BCUT2D eigenvalue weighted by Crippen LogP contribution is 2.44. The number of rotatable bonds is 8. The highest BCUT2D eigenvalue weighted by atomic mass is 19.4. The molecule has 2 saturated heterocycles. The number of aliphatic hydroxyl groups excluding tert-OH is 1. The Kier molecular flexibility index (Phi) is 8.96. The van der Waals surface area contributed by atoms with Gasteiger partial charge < -0.3 is 20.0 Å². The second-order valence-electron chi connectivity index (χ2n) is 10.5. The van der Waals surface area contributed by atoms with Gasteiger partial charge >= 0.3 is 6.18 Å². The van der Waals surface area contributed by atoms with Gasteiger partial charge in [-0.2, -0.15) is 13.2 Å². The van der Waals surface area contributed by atoms with Gasteiger partial charge in [-0.05, 0) is 68.5 Å². The lowest BCUT2D eigenvalue weighted by Crippen LogP contribution is -2.55. The normalized spacial score (nSPS) is 24.2. The van der Waals surface area contributed by atoms with Crippen LogP contribution < -0.4 is 0 Å². The largest absolute Gasteiger partial charge is 0.508 e. The van der Waals surface area contributed by atoms with Gasteiger partial charge in [-0.25, -0.2) is 4.39 Å². The Balaban J connectivity index is 1.81. The molecule has 2 aromatic carbocycles. The zero-order valence-electron chi connectivity index (χ0n) is 21.8. The number of aromatic hydroxyl groups is 1. The average Bonchev–Trinajstić information content (AvgIpc) is 3.40. The summed E-state index contributed by atoms with van der Waals surface area (Å²) >= 11 is 0. The number of carbonyl (C=O) groups excluding carboxylic acids is 2. The van der Waals surface area contributed by atoms with Gasteiger partial charge in [0.25, 0.3) is 0 Å². The molecular weight excluding hydrogens is 516 g/mol. The molecule has 0 bridgehead atoms. The van der Waals surface area contributed by atoms with E-state index in [-0.39, 0.29) is 61.7 Å². The van der Waals surface area contributed by atoms with E-state index in [1.165, 1.54) is 30.3 Å². The van der Waals surface area contributed by atoms with Crippen LogP contribution in [0.25, 0.3) is 0 Å². The Bertz CT molecular complexity index is 1190. The molecule has 0 aromatic heterocycles. The SMILES string of the molecule is Cc1c(F)cccc1[C@H]1[C@@H](C(=O)c2cccc(O)c2)CN(CCCCO)C[C@H]1C(=O)N1CCC[C@H]1C(F)(F)F. The number of unbranched alkanes of at least 4 members (excludes halogenated alkanes) is 1. The number of hydrogen-bond donors (Lipinski definition) is 2. The summed E-state index contributed by atoms with van der Waals surface area (Å²) < 4.78 is 56.4. The van der Waals surface area contributed by atoms with Crippen molar-refractivity contribution in [3.8, 4) is 5.75 Å². The number of halogens is 4. The van der Waals surface area contributed by atoms with Crippen molar-refractivity contribution in [1.29, 1.82) is 0 Å². The number of phenols is 1. The minimum Gasteiger partial charge on any atom is -0.508 e. The Morgan fingerprint density at radius 3 is 2.46 bits per heavy atom. The molecule has 2 heterocycles. The smallest absolute Gasteiger partial charge is 0.408 e. The lowest BCUT2D eigenvalue weighted by atomic mass is 9.69. The second-order valence-corrected chi connectivity index (χ2v) is 10.5. The van der Waals surface area contributed by atoms with E-state index < -0.39 is 41.7 Å². The summed E-state index contributed by atoms with van der Waals surface area (Å²) in [6, 6.07) is 8.29. The summed E-state index contributed by atoms with van der Waals surface area (Å²) in [5, 5.41) is 19.3. The van der Waals surface area contributed by atoms with Crippen LogP contribution in [0, 0.1) is 24.6 Å². The molecule has 2 aromatic rings. The minimum atomic E-state index is -4.58. The van der Waals surface area contributed by atoms with Gasteiger partial charge in [-0.1, -0.05) is 24.3 Å². The number of ketones is 1. The Labute approximate surface area is 225 Å².